The van der Waals surface area contributed by atoms with Crippen molar-refractivity contribution in [3.8, 4) is 12.3 Å². The summed E-state index contributed by atoms with van der Waals surface area (Å²) in [7, 11) is 0. The summed E-state index contributed by atoms with van der Waals surface area (Å²) in [5.41, 5.74) is 0. The van der Waals surface area contributed by atoms with Gasteiger partial charge in [0, 0.05) is 19.0 Å². The number of hydrogen-bond acceptors (Lipinski definition) is 2. The number of terminal acetylenes is 1. The summed E-state index contributed by atoms with van der Waals surface area (Å²) in [5, 5.41) is 11.4. The molecular formula is C13H20N2O3. The molecule has 2 amide bonds. The number of carboxylic acids is 1. The lowest BCUT2D eigenvalue weighted by molar-refractivity contribution is -0.139. The van der Waals surface area contributed by atoms with E-state index in [2.05, 4.69) is 25.1 Å². The molecule has 0 bridgehead atoms. The average Bonchev–Trinajstić information content (AvgIpc) is 2.77. The Balaban J connectivity index is 2.64. The van der Waals surface area contributed by atoms with Gasteiger partial charge in [0.1, 0.15) is 6.04 Å². The molecule has 5 nitrogen and oxygen atoms in total. The van der Waals surface area contributed by atoms with E-state index in [9.17, 15) is 9.59 Å². The van der Waals surface area contributed by atoms with Crippen LogP contribution < -0.4 is 5.32 Å². The number of carbonyl (C=O) groups is 2. The quantitative estimate of drug-likeness (QED) is 0.741. The summed E-state index contributed by atoms with van der Waals surface area (Å²) < 4.78 is 0. The van der Waals surface area contributed by atoms with Crippen molar-refractivity contribution in [2.24, 2.45) is 5.92 Å². The van der Waals surface area contributed by atoms with Gasteiger partial charge in [0.25, 0.3) is 0 Å². The topological polar surface area (TPSA) is 69.6 Å². The molecule has 5 heteroatoms. The van der Waals surface area contributed by atoms with Gasteiger partial charge in [0.05, 0.1) is 0 Å². The summed E-state index contributed by atoms with van der Waals surface area (Å²) in [4.78, 5) is 24.7. The molecule has 2 atom stereocenters. The van der Waals surface area contributed by atoms with Crippen LogP contribution in [0.15, 0.2) is 0 Å². The standard InChI is InChI=1S/C13H20N2O3/c1-4-6-10(12(16)17)14-13(18)15-8-5-7-11(15)9(2)3/h1,9-11H,5-8H2,2-3H3,(H,14,18)(H,16,17). The smallest absolute Gasteiger partial charge is 0.327 e. The van der Waals surface area contributed by atoms with E-state index < -0.39 is 12.0 Å². The molecule has 2 unspecified atom stereocenters. The van der Waals surface area contributed by atoms with Crippen LogP contribution in [0, 0.1) is 18.3 Å². The first-order valence-electron chi connectivity index (χ1n) is 6.20. The minimum absolute atomic E-state index is 0.00125. The van der Waals surface area contributed by atoms with Crippen molar-refractivity contribution in [1.29, 1.82) is 0 Å². The highest BCUT2D eigenvalue weighted by molar-refractivity contribution is 5.83. The van der Waals surface area contributed by atoms with Gasteiger partial charge in [-0.15, -0.1) is 12.3 Å². The van der Waals surface area contributed by atoms with Gasteiger partial charge in [-0.25, -0.2) is 9.59 Å². The maximum Gasteiger partial charge on any atom is 0.327 e. The average molecular weight is 252 g/mol. The number of rotatable bonds is 4. The van der Waals surface area contributed by atoms with Crippen LogP contribution in [0.5, 0.6) is 0 Å². The Morgan fingerprint density at radius 3 is 2.72 bits per heavy atom. The van der Waals surface area contributed by atoms with Crippen LogP contribution in [0.3, 0.4) is 0 Å². The van der Waals surface area contributed by atoms with Crippen molar-refractivity contribution >= 4 is 12.0 Å². The van der Waals surface area contributed by atoms with Gasteiger partial charge in [-0.1, -0.05) is 13.8 Å². The Morgan fingerprint density at radius 2 is 2.22 bits per heavy atom. The molecule has 0 radical (unpaired) electrons. The van der Waals surface area contributed by atoms with Crippen LogP contribution >= 0.6 is 0 Å². The SMILES string of the molecule is C#CCC(NC(=O)N1CCCC1C(C)C)C(=O)O. The Hall–Kier alpha value is -1.70. The third-order valence-electron chi connectivity index (χ3n) is 3.25. The predicted molar refractivity (Wildman–Crippen MR) is 68.0 cm³/mol. The number of urea groups is 1. The Kier molecular flexibility index (Phi) is 5.02. The maximum atomic E-state index is 12.0. The number of hydrogen-bond donors (Lipinski definition) is 2. The van der Waals surface area contributed by atoms with Crippen molar-refractivity contribution in [3.05, 3.63) is 0 Å². The fourth-order valence-electron chi connectivity index (χ4n) is 2.29. The predicted octanol–water partition coefficient (Wildman–Crippen LogP) is 1.29. The summed E-state index contributed by atoms with van der Waals surface area (Å²) in [6.07, 6.45) is 7.03. The highest BCUT2D eigenvalue weighted by atomic mass is 16.4. The maximum absolute atomic E-state index is 12.0. The van der Waals surface area contributed by atoms with Crippen LogP contribution in [0.2, 0.25) is 0 Å². The molecule has 1 rings (SSSR count). The molecule has 0 saturated carbocycles. The monoisotopic (exact) mass is 252 g/mol. The van der Waals surface area contributed by atoms with Crippen molar-refractivity contribution < 1.29 is 14.7 Å². The molecule has 18 heavy (non-hydrogen) atoms. The molecule has 0 aromatic carbocycles. The van der Waals surface area contributed by atoms with Crippen LogP contribution in [0.1, 0.15) is 33.1 Å². The molecule has 0 aromatic rings. The van der Waals surface area contributed by atoms with E-state index >= 15 is 0 Å². The molecule has 0 aromatic heterocycles. The first-order valence-corrected chi connectivity index (χ1v) is 6.20. The van der Waals surface area contributed by atoms with Gasteiger partial charge in [-0.2, -0.15) is 0 Å². The Labute approximate surface area is 108 Å². The van der Waals surface area contributed by atoms with Gasteiger partial charge in [0.15, 0.2) is 0 Å². The number of aliphatic carboxylic acids is 1. The molecule has 0 spiro atoms. The molecule has 0 aliphatic carbocycles. The van der Waals surface area contributed by atoms with Gasteiger partial charge in [-0.3, -0.25) is 0 Å². The third-order valence-corrected chi connectivity index (χ3v) is 3.25. The van der Waals surface area contributed by atoms with E-state index in [4.69, 9.17) is 11.5 Å². The lowest BCUT2D eigenvalue weighted by Gasteiger charge is -2.28. The zero-order valence-corrected chi connectivity index (χ0v) is 10.8. The number of likely N-dealkylation sites (tertiary alicyclic amines) is 1. The van der Waals surface area contributed by atoms with Crippen LogP contribution in [-0.2, 0) is 4.79 Å². The van der Waals surface area contributed by atoms with E-state index in [1.54, 1.807) is 4.90 Å². The number of nitrogens with zero attached hydrogens (tertiary/aromatic N) is 1. The van der Waals surface area contributed by atoms with Gasteiger partial charge in [-0.05, 0) is 18.8 Å². The van der Waals surface area contributed by atoms with Gasteiger partial charge in [0.2, 0.25) is 0 Å². The molecule has 2 N–H and O–H groups in total. The second kappa shape index (κ2) is 6.29. The largest absolute Gasteiger partial charge is 0.480 e. The Morgan fingerprint density at radius 1 is 1.56 bits per heavy atom. The van der Waals surface area contributed by atoms with Crippen LogP contribution in [-0.4, -0.2) is 40.6 Å². The minimum Gasteiger partial charge on any atom is -0.480 e. The van der Waals surface area contributed by atoms with Crippen LogP contribution in [0.4, 0.5) is 4.79 Å². The highest BCUT2D eigenvalue weighted by Crippen LogP contribution is 2.23. The minimum atomic E-state index is -1.10. The molecule has 100 valence electrons. The van der Waals surface area contributed by atoms with E-state index in [1.807, 2.05) is 0 Å². The second-order valence-electron chi connectivity index (χ2n) is 4.90. The van der Waals surface area contributed by atoms with Crippen molar-refractivity contribution in [1.82, 2.24) is 10.2 Å². The molecule has 1 aliphatic rings. The van der Waals surface area contributed by atoms with Crippen molar-refractivity contribution in [2.45, 2.75) is 45.2 Å². The van der Waals surface area contributed by atoms with E-state index in [1.165, 1.54) is 0 Å². The fourth-order valence-corrected chi connectivity index (χ4v) is 2.29. The lowest BCUT2D eigenvalue weighted by Crippen LogP contribution is -2.50. The van der Waals surface area contributed by atoms with E-state index in [0.717, 1.165) is 12.8 Å². The zero-order chi connectivity index (χ0) is 13.7. The summed E-state index contributed by atoms with van der Waals surface area (Å²) in [6, 6.07) is -1.14. The van der Waals surface area contributed by atoms with E-state index in [-0.39, 0.29) is 18.5 Å². The molecular weight excluding hydrogens is 232 g/mol. The normalized spacial score (nSPS) is 20.6. The van der Waals surface area contributed by atoms with Crippen molar-refractivity contribution in [3.63, 3.8) is 0 Å². The number of carboxylic acid groups (broad SMARTS) is 1. The first kappa shape index (κ1) is 14.4. The number of amides is 2. The lowest BCUT2D eigenvalue weighted by atomic mass is 10.0. The molecule has 1 fully saturated rings. The second-order valence-corrected chi connectivity index (χ2v) is 4.90. The summed E-state index contributed by atoms with van der Waals surface area (Å²) >= 11 is 0. The van der Waals surface area contributed by atoms with E-state index in [0.29, 0.717) is 12.5 Å². The summed E-state index contributed by atoms with van der Waals surface area (Å²) in [6.45, 7) is 4.80. The van der Waals surface area contributed by atoms with Gasteiger partial charge >= 0.3 is 12.0 Å². The number of carbonyl (C=O) groups excluding carboxylic acids is 1. The molecule has 1 aliphatic heterocycles. The highest BCUT2D eigenvalue weighted by Gasteiger charge is 2.32. The number of nitrogens with one attached hydrogen (secondary N) is 1. The summed E-state index contributed by atoms with van der Waals surface area (Å²) in [5.74, 6) is 1.54. The third kappa shape index (κ3) is 3.39. The van der Waals surface area contributed by atoms with Crippen molar-refractivity contribution in [2.75, 3.05) is 6.54 Å². The first-order chi connectivity index (χ1) is 8.47. The Bertz CT molecular complexity index is 360. The zero-order valence-electron chi connectivity index (χ0n) is 10.8. The van der Waals surface area contributed by atoms with Gasteiger partial charge < -0.3 is 15.3 Å². The molecule has 1 heterocycles. The van der Waals surface area contributed by atoms with Crippen LogP contribution in [0.25, 0.3) is 0 Å². The fraction of sp³-hybridized carbons (Fsp3) is 0.692. The molecule has 1 saturated heterocycles.